The number of hydrogen-bond acceptors (Lipinski definition) is 3. The number of nitrogen functional groups attached to an aromatic ring is 1. The zero-order valence-corrected chi connectivity index (χ0v) is 13.5. The molecule has 2 saturated heterocycles. The summed E-state index contributed by atoms with van der Waals surface area (Å²) in [5, 5.41) is 7.48. The summed E-state index contributed by atoms with van der Waals surface area (Å²) in [6, 6.07) is 4.02. The highest BCUT2D eigenvalue weighted by Crippen LogP contribution is 2.32. The van der Waals surface area contributed by atoms with Gasteiger partial charge < -0.3 is 10.6 Å². The monoisotopic (exact) mass is 354 g/mol. The SMILES string of the molecule is N=C(N)c1ccc(N2CCCN3CCCC3C2)c(F)c1Br. The van der Waals surface area contributed by atoms with E-state index in [9.17, 15) is 4.39 Å². The Morgan fingerprint density at radius 2 is 2.05 bits per heavy atom. The average molecular weight is 355 g/mol. The second-order valence-corrected chi connectivity index (χ2v) is 6.60. The lowest BCUT2D eigenvalue weighted by Crippen LogP contribution is -2.37. The van der Waals surface area contributed by atoms with Gasteiger partial charge in [-0.1, -0.05) is 0 Å². The second kappa shape index (κ2) is 5.93. The summed E-state index contributed by atoms with van der Waals surface area (Å²) in [6.45, 7) is 4.03. The molecule has 0 bridgehead atoms. The number of fused-ring (bicyclic) bond motifs is 1. The molecule has 1 atom stereocenters. The topological polar surface area (TPSA) is 56.4 Å². The maximum absolute atomic E-state index is 14.6. The molecule has 0 radical (unpaired) electrons. The highest BCUT2D eigenvalue weighted by atomic mass is 79.9. The first kappa shape index (κ1) is 14.8. The van der Waals surface area contributed by atoms with Crippen LogP contribution in [0.5, 0.6) is 0 Å². The van der Waals surface area contributed by atoms with Gasteiger partial charge in [0.2, 0.25) is 0 Å². The zero-order valence-electron chi connectivity index (χ0n) is 11.9. The van der Waals surface area contributed by atoms with Crippen molar-refractivity contribution in [1.29, 1.82) is 5.41 Å². The van der Waals surface area contributed by atoms with Crippen LogP contribution in [0.3, 0.4) is 0 Å². The van der Waals surface area contributed by atoms with Crippen LogP contribution < -0.4 is 10.6 Å². The molecule has 0 aliphatic carbocycles. The molecule has 4 nitrogen and oxygen atoms in total. The highest BCUT2D eigenvalue weighted by molar-refractivity contribution is 9.10. The summed E-state index contributed by atoms with van der Waals surface area (Å²) < 4.78 is 14.9. The molecule has 114 valence electrons. The van der Waals surface area contributed by atoms with Crippen LogP contribution in [0.4, 0.5) is 10.1 Å². The normalized spacial score (nSPS) is 23.0. The summed E-state index contributed by atoms with van der Waals surface area (Å²) in [5.74, 6) is -0.431. The third-order valence-electron chi connectivity index (χ3n) is 4.50. The van der Waals surface area contributed by atoms with Crippen LogP contribution in [-0.2, 0) is 0 Å². The van der Waals surface area contributed by atoms with Crippen LogP contribution in [-0.4, -0.2) is 43.0 Å². The predicted molar refractivity (Wildman–Crippen MR) is 86.5 cm³/mol. The lowest BCUT2D eigenvalue weighted by molar-refractivity contribution is 0.273. The summed E-state index contributed by atoms with van der Waals surface area (Å²) in [7, 11) is 0. The van der Waals surface area contributed by atoms with Crippen molar-refractivity contribution < 1.29 is 4.39 Å². The molecule has 0 saturated carbocycles. The Hall–Kier alpha value is -1.14. The summed E-state index contributed by atoms with van der Waals surface area (Å²) >= 11 is 3.24. The Labute approximate surface area is 132 Å². The fourth-order valence-electron chi connectivity index (χ4n) is 3.42. The Kier molecular flexibility index (Phi) is 4.17. The number of anilines is 1. The van der Waals surface area contributed by atoms with Gasteiger partial charge in [-0.3, -0.25) is 10.3 Å². The number of halogens is 2. The summed E-state index contributed by atoms with van der Waals surface area (Å²) in [5.41, 5.74) is 6.50. The van der Waals surface area contributed by atoms with Crippen molar-refractivity contribution in [3.05, 3.63) is 28.0 Å². The van der Waals surface area contributed by atoms with Crippen LogP contribution in [0.15, 0.2) is 16.6 Å². The van der Waals surface area contributed by atoms with Crippen molar-refractivity contribution in [3.8, 4) is 0 Å². The van der Waals surface area contributed by atoms with Crippen molar-refractivity contribution in [3.63, 3.8) is 0 Å². The smallest absolute Gasteiger partial charge is 0.161 e. The maximum Gasteiger partial charge on any atom is 0.161 e. The molecule has 1 aromatic rings. The molecule has 2 fully saturated rings. The first-order valence-corrected chi connectivity index (χ1v) is 8.18. The van der Waals surface area contributed by atoms with Gasteiger partial charge >= 0.3 is 0 Å². The predicted octanol–water partition coefficient (Wildman–Crippen LogP) is 2.55. The number of benzene rings is 1. The van der Waals surface area contributed by atoms with Crippen LogP contribution in [0.25, 0.3) is 0 Å². The highest BCUT2D eigenvalue weighted by Gasteiger charge is 2.30. The second-order valence-electron chi connectivity index (χ2n) is 5.81. The Bertz CT molecular complexity index is 563. The van der Waals surface area contributed by atoms with E-state index in [2.05, 4.69) is 25.7 Å². The van der Waals surface area contributed by atoms with Crippen molar-refractivity contribution in [2.24, 2.45) is 5.73 Å². The van der Waals surface area contributed by atoms with E-state index in [4.69, 9.17) is 11.1 Å². The third kappa shape index (κ3) is 2.79. The Balaban J connectivity index is 1.89. The van der Waals surface area contributed by atoms with Crippen LogP contribution >= 0.6 is 15.9 Å². The quantitative estimate of drug-likeness (QED) is 0.633. The summed E-state index contributed by atoms with van der Waals surface area (Å²) in [6.07, 6.45) is 3.50. The fraction of sp³-hybridized carbons (Fsp3) is 0.533. The fourth-order valence-corrected chi connectivity index (χ4v) is 3.97. The van der Waals surface area contributed by atoms with Crippen molar-refractivity contribution in [1.82, 2.24) is 4.90 Å². The first-order chi connectivity index (χ1) is 10.1. The van der Waals surface area contributed by atoms with Gasteiger partial charge in [-0.15, -0.1) is 0 Å². The first-order valence-electron chi connectivity index (χ1n) is 7.39. The van der Waals surface area contributed by atoms with Gasteiger partial charge in [0.1, 0.15) is 5.84 Å². The van der Waals surface area contributed by atoms with E-state index < -0.39 is 0 Å². The third-order valence-corrected chi connectivity index (χ3v) is 5.27. The number of nitrogens with zero attached hydrogens (tertiary/aromatic N) is 2. The zero-order chi connectivity index (χ0) is 15.0. The standard InChI is InChI=1S/C15H20BrFN4/c16-13-11(15(18)19)4-5-12(14(13)17)21-8-2-7-20-6-1-3-10(20)9-21/h4-5,10H,1-3,6-9H2,(H3,18,19). The van der Waals surface area contributed by atoms with Gasteiger partial charge in [0.15, 0.2) is 5.82 Å². The van der Waals surface area contributed by atoms with Gasteiger partial charge in [0.05, 0.1) is 10.2 Å². The molecule has 1 aromatic carbocycles. The van der Waals surface area contributed by atoms with E-state index in [-0.39, 0.29) is 11.7 Å². The van der Waals surface area contributed by atoms with Gasteiger partial charge in [-0.25, -0.2) is 4.39 Å². The van der Waals surface area contributed by atoms with E-state index in [0.29, 0.717) is 21.8 Å². The van der Waals surface area contributed by atoms with Crippen LogP contribution in [0.2, 0.25) is 0 Å². The maximum atomic E-state index is 14.6. The lowest BCUT2D eigenvalue weighted by atomic mass is 10.1. The molecular formula is C15H20BrFN4. The molecule has 3 N–H and O–H groups in total. The van der Waals surface area contributed by atoms with Crippen molar-refractivity contribution in [2.45, 2.75) is 25.3 Å². The molecule has 3 rings (SSSR count). The molecule has 2 aliphatic rings. The number of nitrogens with one attached hydrogen (secondary N) is 1. The summed E-state index contributed by atoms with van der Waals surface area (Å²) in [4.78, 5) is 4.66. The van der Waals surface area contributed by atoms with E-state index >= 15 is 0 Å². The molecule has 6 heteroatoms. The molecule has 21 heavy (non-hydrogen) atoms. The number of hydrogen-bond donors (Lipinski definition) is 2. The minimum Gasteiger partial charge on any atom is -0.384 e. The van der Waals surface area contributed by atoms with Gasteiger partial charge in [0, 0.05) is 31.2 Å². The Morgan fingerprint density at radius 1 is 1.29 bits per heavy atom. The minimum absolute atomic E-state index is 0.120. The van der Waals surface area contributed by atoms with Gasteiger partial charge in [0.25, 0.3) is 0 Å². The molecule has 0 amide bonds. The molecule has 2 aliphatic heterocycles. The Morgan fingerprint density at radius 3 is 2.81 bits per heavy atom. The van der Waals surface area contributed by atoms with Crippen molar-refractivity contribution >= 4 is 27.5 Å². The van der Waals surface area contributed by atoms with E-state index in [1.54, 1.807) is 12.1 Å². The van der Waals surface area contributed by atoms with E-state index in [1.165, 1.54) is 19.4 Å². The molecular weight excluding hydrogens is 335 g/mol. The van der Waals surface area contributed by atoms with Gasteiger partial charge in [-0.05, 0) is 53.9 Å². The molecule has 0 aromatic heterocycles. The van der Waals surface area contributed by atoms with E-state index in [1.807, 2.05) is 0 Å². The lowest BCUT2D eigenvalue weighted by Gasteiger charge is -2.28. The number of rotatable bonds is 2. The molecule has 0 spiro atoms. The largest absolute Gasteiger partial charge is 0.384 e. The van der Waals surface area contributed by atoms with Crippen LogP contribution in [0, 0.1) is 11.2 Å². The molecule has 1 unspecified atom stereocenters. The van der Waals surface area contributed by atoms with Gasteiger partial charge in [-0.2, -0.15) is 0 Å². The van der Waals surface area contributed by atoms with E-state index in [0.717, 1.165) is 26.1 Å². The minimum atomic E-state index is -0.311. The number of amidine groups is 1. The van der Waals surface area contributed by atoms with Crippen LogP contribution in [0.1, 0.15) is 24.8 Å². The average Bonchev–Trinajstić information content (AvgIpc) is 2.79. The molecule has 2 heterocycles. The number of nitrogens with two attached hydrogens (primary N) is 1. The van der Waals surface area contributed by atoms with Crippen molar-refractivity contribution in [2.75, 3.05) is 31.1 Å².